The maximum Gasteiger partial charge on any atom is 0.326 e. The molecule has 4 N–H and O–H groups in total. The number of methoxy groups -OCH3 is 1. The van der Waals surface area contributed by atoms with E-state index in [0.717, 1.165) is 11.1 Å². The number of urea groups is 1. The Kier molecular flexibility index (Phi) is 9.67. The zero-order valence-electron chi connectivity index (χ0n) is 23.3. The summed E-state index contributed by atoms with van der Waals surface area (Å²) < 4.78 is 16.1. The normalized spacial score (nSPS) is 11.5. The first-order valence-electron chi connectivity index (χ1n) is 13.3. The number of rotatable bonds is 12. The van der Waals surface area contributed by atoms with Gasteiger partial charge in [-0.05, 0) is 47.5 Å². The van der Waals surface area contributed by atoms with E-state index in [-0.39, 0.29) is 44.1 Å². The Balaban J connectivity index is 1.43. The van der Waals surface area contributed by atoms with Crippen molar-refractivity contribution in [3.63, 3.8) is 0 Å². The molecule has 44 heavy (non-hydrogen) atoms. The first-order valence-corrected chi connectivity index (χ1v) is 14.0. The van der Waals surface area contributed by atoms with E-state index in [9.17, 15) is 14.7 Å². The monoisotopic (exact) mass is 639 g/mol. The molecule has 0 atom stereocenters. The van der Waals surface area contributed by atoms with Crippen molar-refractivity contribution >= 4 is 58.7 Å². The number of carbonyl (C=O) groups is 2. The Labute approximate surface area is 262 Å². The molecule has 228 valence electrons. The second-order valence-corrected chi connectivity index (χ2v) is 10.2. The van der Waals surface area contributed by atoms with Crippen LogP contribution >= 0.6 is 23.2 Å². The molecule has 15 heteroatoms. The molecule has 0 fully saturated rings. The zero-order chi connectivity index (χ0) is 31.1. The van der Waals surface area contributed by atoms with Crippen LogP contribution in [0.25, 0.3) is 0 Å². The first kappa shape index (κ1) is 30.4. The third-order valence-electron chi connectivity index (χ3n) is 6.33. The van der Waals surface area contributed by atoms with Gasteiger partial charge in [-0.25, -0.2) is 4.79 Å². The van der Waals surface area contributed by atoms with Gasteiger partial charge in [0.2, 0.25) is 24.6 Å². The number of amides is 2. The summed E-state index contributed by atoms with van der Waals surface area (Å²) in [6, 6.07) is 16.9. The van der Waals surface area contributed by atoms with E-state index in [4.69, 9.17) is 37.4 Å². The summed E-state index contributed by atoms with van der Waals surface area (Å²) in [6.07, 6.45) is -0.204. The minimum atomic E-state index is -1.01. The van der Waals surface area contributed by atoms with Gasteiger partial charge in [-0.1, -0.05) is 47.5 Å². The fourth-order valence-electron chi connectivity index (χ4n) is 4.21. The lowest BCUT2D eigenvalue weighted by atomic mass is 10.2. The van der Waals surface area contributed by atoms with Crippen molar-refractivity contribution in [1.82, 2.24) is 15.0 Å². The fraction of sp³-hybridized carbons (Fsp3) is 0.207. The molecule has 0 aliphatic carbocycles. The van der Waals surface area contributed by atoms with Gasteiger partial charge in [-0.15, -0.1) is 0 Å². The molecule has 2 heterocycles. The number of anilines is 4. The van der Waals surface area contributed by atoms with Crippen LogP contribution in [0.4, 0.5) is 28.3 Å². The van der Waals surface area contributed by atoms with Crippen LogP contribution in [0.1, 0.15) is 17.5 Å². The molecule has 0 unspecified atom stereocenters. The van der Waals surface area contributed by atoms with Crippen molar-refractivity contribution < 1.29 is 28.9 Å². The van der Waals surface area contributed by atoms with Crippen LogP contribution in [0.5, 0.6) is 17.2 Å². The van der Waals surface area contributed by atoms with Gasteiger partial charge in [0.05, 0.1) is 29.3 Å². The molecule has 3 aromatic carbocycles. The maximum atomic E-state index is 13.0. The number of carboxylic acids is 1. The summed E-state index contributed by atoms with van der Waals surface area (Å²) in [5.41, 5.74) is 2.03. The van der Waals surface area contributed by atoms with Crippen LogP contribution in [0.3, 0.4) is 0 Å². The Morgan fingerprint density at radius 1 is 0.932 bits per heavy atom. The predicted molar refractivity (Wildman–Crippen MR) is 165 cm³/mol. The number of ether oxygens (including phenoxy) is 3. The van der Waals surface area contributed by atoms with Crippen molar-refractivity contribution in [3.8, 4) is 17.2 Å². The molecule has 0 spiro atoms. The molecule has 0 bridgehead atoms. The number of benzene rings is 3. The number of aromatic nitrogens is 3. The van der Waals surface area contributed by atoms with Crippen LogP contribution < -0.4 is 35.1 Å². The van der Waals surface area contributed by atoms with Gasteiger partial charge < -0.3 is 34.9 Å². The van der Waals surface area contributed by atoms with E-state index in [0.29, 0.717) is 39.5 Å². The average molecular weight is 640 g/mol. The second-order valence-electron chi connectivity index (χ2n) is 9.42. The van der Waals surface area contributed by atoms with E-state index < -0.39 is 12.0 Å². The van der Waals surface area contributed by atoms with Crippen molar-refractivity contribution in [2.24, 2.45) is 0 Å². The molecule has 5 rings (SSSR count). The third-order valence-corrected chi connectivity index (χ3v) is 7.07. The SMILES string of the molecule is COc1ccccc1NC(=O)Nc1nc(NCc2ccc3c(c2)OCO3)nc(N(CCC(=O)O)Cc2ccc(Cl)c(Cl)c2)n1. The van der Waals surface area contributed by atoms with Gasteiger partial charge in [-0.2, -0.15) is 15.0 Å². The maximum absolute atomic E-state index is 13.0. The average Bonchev–Trinajstić information content (AvgIpc) is 3.48. The molecule has 0 radical (unpaired) electrons. The highest BCUT2D eigenvalue weighted by molar-refractivity contribution is 6.42. The fourth-order valence-corrected chi connectivity index (χ4v) is 4.54. The summed E-state index contributed by atoms with van der Waals surface area (Å²) in [7, 11) is 1.49. The number of halogens is 2. The minimum Gasteiger partial charge on any atom is -0.495 e. The lowest BCUT2D eigenvalue weighted by Gasteiger charge is -2.23. The van der Waals surface area contributed by atoms with Gasteiger partial charge in [-0.3, -0.25) is 10.1 Å². The number of carboxylic acid groups (broad SMARTS) is 1. The van der Waals surface area contributed by atoms with E-state index in [1.165, 1.54) is 7.11 Å². The van der Waals surface area contributed by atoms with Crippen molar-refractivity contribution in [1.29, 1.82) is 0 Å². The molecular formula is C29H27Cl2N7O6. The predicted octanol–water partition coefficient (Wildman–Crippen LogP) is 5.65. The standard InChI is InChI=1S/C29H27Cl2N7O6/c1-42-22-5-3-2-4-21(22)33-29(41)37-27-34-26(32-14-17-7-9-23-24(13-17)44-16-43-23)35-28(36-27)38(11-10-25(39)40)15-18-6-8-19(30)20(31)12-18/h2-9,12-13H,10-11,14-16H2,1H3,(H,39,40)(H3,32,33,34,35,36,37,41). The highest BCUT2D eigenvalue weighted by atomic mass is 35.5. The smallest absolute Gasteiger partial charge is 0.326 e. The lowest BCUT2D eigenvalue weighted by molar-refractivity contribution is -0.136. The number of carbonyl (C=O) groups excluding carboxylic acids is 1. The van der Waals surface area contributed by atoms with E-state index >= 15 is 0 Å². The van der Waals surface area contributed by atoms with Crippen molar-refractivity contribution in [2.45, 2.75) is 19.5 Å². The number of nitrogens with zero attached hydrogens (tertiary/aromatic N) is 4. The Morgan fingerprint density at radius 3 is 2.50 bits per heavy atom. The topological polar surface area (TPSA) is 160 Å². The molecule has 4 aromatic rings. The molecule has 13 nitrogen and oxygen atoms in total. The van der Waals surface area contributed by atoms with E-state index in [2.05, 4.69) is 30.9 Å². The molecule has 2 amide bonds. The largest absolute Gasteiger partial charge is 0.495 e. The third kappa shape index (κ3) is 7.88. The van der Waals surface area contributed by atoms with Gasteiger partial charge in [0.15, 0.2) is 11.5 Å². The van der Waals surface area contributed by atoms with Crippen LogP contribution in [0, 0.1) is 0 Å². The summed E-state index contributed by atoms with van der Waals surface area (Å²) >= 11 is 12.3. The van der Waals surface area contributed by atoms with Gasteiger partial charge in [0.1, 0.15) is 5.75 Å². The minimum absolute atomic E-state index is 0.0496. The first-order chi connectivity index (χ1) is 21.3. The van der Waals surface area contributed by atoms with Gasteiger partial charge >= 0.3 is 12.0 Å². The van der Waals surface area contributed by atoms with Crippen molar-refractivity contribution in [2.75, 3.05) is 41.3 Å². The summed E-state index contributed by atoms with van der Waals surface area (Å²) in [5, 5.41) is 18.6. The molecule has 1 aliphatic rings. The molecule has 0 saturated heterocycles. The van der Waals surface area contributed by atoms with Crippen molar-refractivity contribution in [3.05, 3.63) is 81.8 Å². The van der Waals surface area contributed by atoms with Gasteiger partial charge in [0, 0.05) is 19.6 Å². The Bertz CT molecular complexity index is 1680. The second kappa shape index (κ2) is 14.0. The quantitative estimate of drug-likeness (QED) is 0.151. The highest BCUT2D eigenvalue weighted by Crippen LogP contribution is 2.33. The zero-order valence-corrected chi connectivity index (χ0v) is 24.9. The Morgan fingerprint density at radius 2 is 1.70 bits per heavy atom. The number of hydrogen-bond donors (Lipinski definition) is 4. The molecule has 0 saturated carbocycles. The van der Waals surface area contributed by atoms with Crippen LogP contribution in [0.2, 0.25) is 10.0 Å². The summed E-state index contributed by atoms with van der Waals surface area (Å²) in [5.74, 6) is 0.908. The number of nitrogens with one attached hydrogen (secondary N) is 3. The van der Waals surface area contributed by atoms with Crippen LogP contribution in [-0.4, -0.2) is 52.5 Å². The number of aliphatic carboxylic acids is 1. The molecule has 1 aromatic heterocycles. The van der Waals surface area contributed by atoms with Crippen LogP contribution in [0.15, 0.2) is 60.7 Å². The van der Waals surface area contributed by atoms with E-state index in [1.807, 2.05) is 12.1 Å². The molecule has 1 aliphatic heterocycles. The lowest BCUT2D eigenvalue weighted by Crippen LogP contribution is -2.29. The van der Waals surface area contributed by atoms with Crippen LogP contribution in [-0.2, 0) is 17.9 Å². The highest BCUT2D eigenvalue weighted by Gasteiger charge is 2.19. The summed E-state index contributed by atoms with van der Waals surface area (Å²) in [4.78, 5) is 39.5. The molecular weight excluding hydrogens is 613 g/mol. The van der Waals surface area contributed by atoms with Gasteiger partial charge in [0.25, 0.3) is 0 Å². The number of fused-ring (bicyclic) bond motifs is 1. The number of para-hydroxylation sites is 2. The summed E-state index contributed by atoms with van der Waals surface area (Å²) in [6.45, 7) is 0.700. The Hall–Kier alpha value is -5.01. The number of hydrogen-bond acceptors (Lipinski definition) is 10. The van der Waals surface area contributed by atoms with E-state index in [1.54, 1.807) is 53.4 Å².